The van der Waals surface area contributed by atoms with Gasteiger partial charge in [0.2, 0.25) is 27.7 Å². The van der Waals surface area contributed by atoms with E-state index >= 15 is 0 Å². The minimum atomic E-state index is -3.78. The molecule has 11 heteroatoms. The van der Waals surface area contributed by atoms with Gasteiger partial charge < -0.3 is 15.5 Å². The van der Waals surface area contributed by atoms with Crippen LogP contribution in [0.25, 0.3) is 0 Å². The lowest BCUT2D eigenvalue weighted by Crippen LogP contribution is -2.58. The van der Waals surface area contributed by atoms with Gasteiger partial charge in [-0.3, -0.25) is 23.9 Å². The zero-order valence-electron chi connectivity index (χ0n) is 23.6. The summed E-state index contributed by atoms with van der Waals surface area (Å²) in [6, 6.07) is 6.14. The summed E-state index contributed by atoms with van der Waals surface area (Å²) < 4.78 is 27.2. The fraction of sp³-hybridized carbons (Fsp3) is 0.600. The predicted octanol–water partition coefficient (Wildman–Crippen LogP) is 2.02. The van der Waals surface area contributed by atoms with Gasteiger partial charge in [-0.2, -0.15) is 0 Å². The van der Waals surface area contributed by atoms with Crippen molar-refractivity contribution in [2.24, 2.45) is 5.92 Å². The first-order valence-electron chi connectivity index (χ1n) is 14.8. The van der Waals surface area contributed by atoms with Gasteiger partial charge >= 0.3 is 0 Å². The molecule has 0 bridgehead atoms. The van der Waals surface area contributed by atoms with Gasteiger partial charge in [0, 0.05) is 12.5 Å². The van der Waals surface area contributed by atoms with E-state index in [1.165, 1.54) is 4.90 Å². The number of nitrogens with one attached hydrogen (secondary N) is 3. The third kappa shape index (κ3) is 6.82. The number of benzene rings is 1. The first kappa shape index (κ1) is 29.3. The van der Waals surface area contributed by atoms with Crippen LogP contribution in [0.1, 0.15) is 75.3 Å². The summed E-state index contributed by atoms with van der Waals surface area (Å²) in [6.07, 6.45) is 10.1. The highest BCUT2D eigenvalue weighted by molar-refractivity contribution is 7.91. The molecule has 0 unspecified atom stereocenters. The van der Waals surface area contributed by atoms with Crippen LogP contribution in [0.3, 0.4) is 0 Å². The maximum Gasteiger partial charge on any atom is 0.259 e. The van der Waals surface area contributed by atoms with Crippen molar-refractivity contribution in [1.82, 2.24) is 20.3 Å². The van der Waals surface area contributed by atoms with Crippen molar-refractivity contribution in [3.05, 3.63) is 47.5 Å². The molecule has 222 valence electrons. The van der Waals surface area contributed by atoms with Gasteiger partial charge in [0.25, 0.3) is 5.91 Å². The molecule has 2 aliphatic carbocycles. The summed E-state index contributed by atoms with van der Waals surface area (Å²) >= 11 is 0. The Bertz CT molecular complexity index is 1320. The van der Waals surface area contributed by atoms with E-state index in [-0.39, 0.29) is 24.2 Å². The topological polar surface area (TPSA) is 142 Å². The minimum absolute atomic E-state index is 0.154. The van der Waals surface area contributed by atoms with Crippen LogP contribution in [0.15, 0.2) is 36.4 Å². The van der Waals surface area contributed by atoms with Gasteiger partial charge in [0.05, 0.1) is 11.7 Å². The van der Waals surface area contributed by atoms with E-state index in [9.17, 15) is 27.6 Å². The number of carbonyl (C=O) groups is 4. The van der Waals surface area contributed by atoms with Crippen LogP contribution >= 0.6 is 0 Å². The van der Waals surface area contributed by atoms with Crippen LogP contribution in [0, 0.1) is 12.8 Å². The summed E-state index contributed by atoms with van der Waals surface area (Å²) in [5.74, 6) is -2.04. The molecular weight excluding hydrogens is 544 g/mol. The van der Waals surface area contributed by atoms with Crippen molar-refractivity contribution >= 4 is 33.7 Å². The second-order valence-electron chi connectivity index (χ2n) is 12.0. The molecule has 10 nitrogen and oxygen atoms in total. The van der Waals surface area contributed by atoms with Gasteiger partial charge in [0.1, 0.15) is 17.6 Å². The molecule has 0 spiro atoms. The number of nitrogens with zero attached hydrogens (tertiary/aromatic N) is 1. The molecule has 2 saturated carbocycles. The van der Waals surface area contributed by atoms with Crippen molar-refractivity contribution < 1.29 is 27.6 Å². The molecule has 1 aromatic rings. The minimum Gasteiger partial charge on any atom is -0.344 e. The molecule has 1 aromatic carbocycles. The Hall–Kier alpha value is -3.21. The summed E-state index contributed by atoms with van der Waals surface area (Å²) in [6.45, 7) is 2.35. The van der Waals surface area contributed by atoms with Crippen molar-refractivity contribution in [2.75, 3.05) is 6.54 Å². The fourth-order valence-electron chi connectivity index (χ4n) is 5.91. The zero-order chi connectivity index (χ0) is 29.2. The first-order valence-corrected chi connectivity index (χ1v) is 16.3. The van der Waals surface area contributed by atoms with Crippen molar-refractivity contribution in [1.29, 1.82) is 0 Å². The molecule has 1 saturated heterocycles. The van der Waals surface area contributed by atoms with E-state index in [4.69, 9.17) is 0 Å². The van der Waals surface area contributed by atoms with Gasteiger partial charge in [-0.1, -0.05) is 54.8 Å². The number of carbonyl (C=O) groups excluding carboxylic acids is 4. The van der Waals surface area contributed by atoms with Crippen LogP contribution in [-0.2, 0) is 35.6 Å². The van der Waals surface area contributed by atoms with Crippen LogP contribution in [0.4, 0.5) is 0 Å². The molecule has 41 heavy (non-hydrogen) atoms. The van der Waals surface area contributed by atoms with Gasteiger partial charge in [-0.25, -0.2) is 8.42 Å². The molecule has 3 N–H and O–H groups in total. The van der Waals surface area contributed by atoms with Crippen molar-refractivity contribution in [2.45, 2.75) is 100 Å². The summed E-state index contributed by atoms with van der Waals surface area (Å²) in [5.41, 5.74) is 0.601. The Morgan fingerprint density at radius 3 is 2.51 bits per heavy atom. The van der Waals surface area contributed by atoms with Crippen LogP contribution < -0.4 is 15.4 Å². The number of rotatable bonds is 6. The lowest BCUT2D eigenvalue weighted by atomic mass is 10.0. The van der Waals surface area contributed by atoms with Crippen LogP contribution in [0.5, 0.6) is 0 Å². The molecule has 2 heterocycles. The number of sulfonamides is 1. The standard InChI is InChI=1S/C30H40N4O6S/c1-20-11-13-21(14-12-20)18-26(35)31-24-9-6-4-2-3-5-8-22-19-30(22,29(38)33-41(39,40)23-15-16-23)32-27(36)25-10-7-17-34(25)28(24)37/h5,8,11-14,22-25H,2-4,6-7,9-10,15-19H2,1H3,(H,31,35)(H,32,36)(H,33,38)/b8-5-/t22-,24+,25+,30-/m1/s1. The lowest BCUT2D eigenvalue weighted by molar-refractivity contribution is -0.142. The normalized spacial score (nSPS) is 29.7. The van der Waals surface area contributed by atoms with Gasteiger partial charge in [-0.15, -0.1) is 0 Å². The molecule has 3 fully saturated rings. The monoisotopic (exact) mass is 584 g/mol. The number of amides is 4. The average molecular weight is 585 g/mol. The number of aryl methyl sites for hydroxylation is 1. The van der Waals surface area contributed by atoms with Crippen molar-refractivity contribution in [3.63, 3.8) is 0 Å². The third-order valence-electron chi connectivity index (χ3n) is 8.65. The summed E-state index contributed by atoms with van der Waals surface area (Å²) in [7, 11) is -3.78. The Morgan fingerprint density at radius 2 is 1.78 bits per heavy atom. The predicted molar refractivity (Wildman–Crippen MR) is 153 cm³/mol. The number of hydrogen-bond donors (Lipinski definition) is 3. The zero-order valence-corrected chi connectivity index (χ0v) is 24.4. The molecule has 0 radical (unpaired) electrons. The van der Waals surface area contributed by atoms with E-state index in [2.05, 4.69) is 15.4 Å². The second kappa shape index (κ2) is 12.0. The van der Waals surface area contributed by atoms with Gasteiger partial charge in [0.15, 0.2) is 0 Å². The molecule has 5 rings (SSSR count). The SMILES string of the molecule is Cc1ccc(CC(=O)N[C@H]2CCCCC/C=C\[C@@H]3C[C@@]3(C(=O)NS(=O)(=O)C3CC3)NC(=O)[C@@H]3CCCN3C2=O)cc1. The summed E-state index contributed by atoms with van der Waals surface area (Å²) in [5, 5.41) is 5.22. The van der Waals surface area contributed by atoms with Gasteiger partial charge in [-0.05, 0) is 63.9 Å². The maximum absolute atomic E-state index is 13.8. The Morgan fingerprint density at radius 1 is 1.02 bits per heavy atom. The smallest absolute Gasteiger partial charge is 0.259 e. The van der Waals surface area contributed by atoms with Crippen LogP contribution in [0.2, 0.25) is 0 Å². The van der Waals surface area contributed by atoms with E-state index in [1.807, 2.05) is 43.3 Å². The highest BCUT2D eigenvalue weighted by Gasteiger charge is 2.61. The van der Waals surface area contributed by atoms with E-state index in [0.717, 1.165) is 36.8 Å². The first-order chi connectivity index (χ1) is 19.6. The molecule has 0 aromatic heterocycles. The lowest BCUT2D eigenvalue weighted by Gasteiger charge is -2.30. The Balaban J connectivity index is 1.32. The highest BCUT2D eigenvalue weighted by Crippen LogP contribution is 2.46. The highest BCUT2D eigenvalue weighted by atomic mass is 32.2. The molecule has 4 atom stereocenters. The van der Waals surface area contributed by atoms with E-state index in [1.54, 1.807) is 0 Å². The average Bonchev–Trinajstić information content (AvgIpc) is 3.84. The molecule has 4 aliphatic rings. The maximum atomic E-state index is 13.8. The Labute approximate surface area is 241 Å². The van der Waals surface area contributed by atoms with Crippen molar-refractivity contribution in [3.8, 4) is 0 Å². The number of fused-ring (bicyclic) bond motifs is 2. The Kier molecular flexibility index (Phi) is 8.54. The fourth-order valence-corrected chi connectivity index (χ4v) is 7.28. The molecule has 4 amide bonds. The number of hydrogen-bond acceptors (Lipinski definition) is 6. The van der Waals surface area contributed by atoms with Crippen LogP contribution in [-0.4, -0.2) is 66.4 Å². The molecule has 2 aliphatic heterocycles. The summed E-state index contributed by atoms with van der Waals surface area (Å²) in [4.78, 5) is 55.1. The largest absolute Gasteiger partial charge is 0.344 e. The second-order valence-corrected chi connectivity index (χ2v) is 13.9. The third-order valence-corrected chi connectivity index (χ3v) is 10.5. The van der Waals surface area contributed by atoms with E-state index in [0.29, 0.717) is 45.1 Å². The van der Waals surface area contributed by atoms with E-state index < -0.39 is 44.7 Å². The number of allylic oxidation sites excluding steroid dienone is 1. The molecular formula is C30H40N4O6S. The quantitative estimate of drug-likeness (QED) is 0.437.